The smallest absolute Gasteiger partial charge is 0.317 e. The van der Waals surface area contributed by atoms with Gasteiger partial charge in [0.25, 0.3) is 0 Å². The number of carboxylic acids is 1. The first-order valence-electron chi connectivity index (χ1n) is 7.41. The third-order valence-corrected chi connectivity index (χ3v) is 4.60. The van der Waals surface area contributed by atoms with Crippen LogP contribution in [0.25, 0.3) is 0 Å². The average molecular weight is 283 g/mol. The van der Waals surface area contributed by atoms with Gasteiger partial charge in [0.15, 0.2) is 0 Å². The molecule has 0 aromatic heterocycles. The minimum absolute atomic E-state index is 0.0292. The number of nitrogens with one attached hydrogen (secondary N) is 1. The van der Waals surface area contributed by atoms with Gasteiger partial charge in [0.1, 0.15) is 0 Å². The standard InChI is InChI=1S/C14H25N3O3/c1-10-8-17(9-12(10)13(18)19)14(20)15-7-11-3-5-16(2)6-4-11/h10-12H,3-9H2,1-2H3,(H,15,20)(H,18,19). The molecule has 6 heteroatoms. The summed E-state index contributed by atoms with van der Waals surface area (Å²) in [7, 11) is 2.12. The van der Waals surface area contributed by atoms with Gasteiger partial charge in [-0.3, -0.25) is 4.79 Å². The average Bonchev–Trinajstić information content (AvgIpc) is 2.80. The highest BCUT2D eigenvalue weighted by atomic mass is 16.4. The van der Waals surface area contributed by atoms with Gasteiger partial charge in [0, 0.05) is 19.6 Å². The Morgan fingerprint density at radius 2 is 1.90 bits per heavy atom. The highest BCUT2D eigenvalue weighted by Crippen LogP contribution is 2.23. The summed E-state index contributed by atoms with van der Waals surface area (Å²) in [6.45, 7) is 5.63. The molecule has 2 aliphatic rings. The zero-order valence-electron chi connectivity index (χ0n) is 12.3. The highest BCUT2D eigenvalue weighted by Gasteiger charge is 2.37. The number of carbonyl (C=O) groups is 2. The van der Waals surface area contributed by atoms with E-state index in [2.05, 4.69) is 17.3 Å². The first-order chi connectivity index (χ1) is 9.47. The molecule has 0 bridgehead atoms. The van der Waals surface area contributed by atoms with E-state index in [-0.39, 0.29) is 11.9 Å². The van der Waals surface area contributed by atoms with E-state index in [1.54, 1.807) is 4.90 Å². The van der Waals surface area contributed by atoms with E-state index >= 15 is 0 Å². The van der Waals surface area contributed by atoms with Crippen LogP contribution in [0.2, 0.25) is 0 Å². The maximum absolute atomic E-state index is 12.1. The van der Waals surface area contributed by atoms with Crippen LogP contribution in [0.1, 0.15) is 19.8 Å². The molecule has 2 heterocycles. The summed E-state index contributed by atoms with van der Waals surface area (Å²) in [6.07, 6.45) is 2.23. The van der Waals surface area contributed by atoms with Gasteiger partial charge in [-0.25, -0.2) is 4.79 Å². The molecule has 0 aromatic carbocycles. The number of hydrogen-bond acceptors (Lipinski definition) is 3. The molecule has 2 atom stereocenters. The van der Waals surface area contributed by atoms with E-state index in [1.165, 1.54) is 0 Å². The largest absolute Gasteiger partial charge is 0.481 e. The molecule has 114 valence electrons. The fourth-order valence-electron chi connectivity index (χ4n) is 3.06. The van der Waals surface area contributed by atoms with Gasteiger partial charge in [0.2, 0.25) is 0 Å². The Bertz CT molecular complexity index is 367. The summed E-state index contributed by atoms with van der Waals surface area (Å²) < 4.78 is 0. The van der Waals surface area contributed by atoms with Crippen molar-refractivity contribution in [2.45, 2.75) is 19.8 Å². The first-order valence-corrected chi connectivity index (χ1v) is 7.41. The van der Waals surface area contributed by atoms with Crippen molar-refractivity contribution in [2.24, 2.45) is 17.8 Å². The zero-order valence-corrected chi connectivity index (χ0v) is 12.3. The summed E-state index contributed by atoms with van der Waals surface area (Å²) in [6, 6.07) is -0.112. The number of carbonyl (C=O) groups excluding carboxylic acids is 1. The summed E-state index contributed by atoms with van der Waals surface area (Å²) in [5.41, 5.74) is 0. The predicted molar refractivity (Wildman–Crippen MR) is 75.5 cm³/mol. The van der Waals surface area contributed by atoms with Crippen LogP contribution >= 0.6 is 0 Å². The fraction of sp³-hybridized carbons (Fsp3) is 0.857. The summed E-state index contributed by atoms with van der Waals surface area (Å²) in [4.78, 5) is 27.1. The van der Waals surface area contributed by atoms with E-state index in [0.29, 0.717) is 25.6 Å². The number of rotatable bonds is 3. The lowest BCUT2D eigenvalue weighted by atomic mass is 9.97. The highest BCUT2D eigenvalue weighted by molar-refractivity contribution is 5.77. The molecule has 0 spiro atoms. The molecule has 0 aromatic rings. The van der Waals surface area contributed by atoms with Crippen molar-refractivity contribution >= 4 is 12.0 Å². The number of amides is 2. The lowest BCUT2D eigenvalue weighted by Gasteiger charge is -2.29. The second-order valence-corrected chi connectivity index (χ2v) is 6.26. The number of nitrogens with zero attached hydrogens (tertiary/aromatic N) is 2. The van der Waals surface area contributed by atoms with Crippen LogP contribution in [-0.2, 0) is 4.79 Å². The van der Waals surface area contributed by atoms with Gasteiger partial charge in [-0.05, 0) is 44.8 Å². The van der Waals surface area contributed by atoms with Crippen LogP contribution in [0, 0.1) is 17.8 Å². The fourth-order valence-corrected chi connectivity index (χ4v) is 3.06. The van der Waals surface area contributed by atoms with Gasteiger partial charge in [0.05, 0.1) is 5.92 Å². The number of likely N-dealkylation sites (tertiary alicyclic amines) is 2. The quantitative estimate of drug-likeness (QED) is 0.799. The van der Waals surface area contributed by atoms with Crippen molar-refractivity contribution in [1.29, 1.82) is 0 Å². The Hall–Kier alpha value is -1.30. The summed E-state index contributed by atoms with van der Waals surface area (Å²) >= 11 is 0. The Labute approximate surface area is 120 Å². The lowest BCUT2D eigenvalue weighted by Crippen LogP contribution is -2.43. The minimum Gasteiger partial charge on any atom is -0.481 e. The molecule has 2 rings (SSSR count). The Kier molecular flexibility index (Phi) is 4.86. The molecule has 2 saturated heterocycles. The first kappa shape index (κ1) is 15.1. The van der Waals surface area contributed by atoms with E-state index in [0.717, 1.165) is 25.9 Å². The Balaban J connectivity index is 1.74. The van der Waals surface area contributed by atoms with Crippen molar-refractivity contribution < 1.29 is 14.7 Å². The number of aliphatic carboxylic acids is 1. The SMILES string of the molecule is CC1CN(C(=O)NCC2CCN(C)CC2)CC1C(=O)O. The number of hydrogen-bond donors (Lipinski definition) is 2. The van der Waals surface area contributed by atoms with Gasteiger partial charge in [-0.1, -0.05) is 6.92 Å². The molecule has 2 aliphatic heterocycles. The maximum Gasteiger partial charge on any atom is 0.317 e. The molecule has 20 heavy (non-hydrogen) atoms. The molecule has 0 saturated carbocycles. The van der Waals surface area contributed by atoms with Crippen molar-refractivity contribution in [3.05, 3.63) is 0 Å². The second kappa shape index (κ2) is 6.43. The van der Waals surface area contributed by atoms with Gasteiger partial charge in [-0.15, -0.1) is 0 Å². The molecule has 0 aliphatic carbocycles. The molecule has 2 unspecified atom stereocenters. The Morgan fingerprint density at radius 3 is 2.45 bits per heavy atom. The summed E-state index contributed by atoms with van der Waals surface area (Å²) in [5, 5.41) is 12.0. The number of carboxylic acid groups (broad SMARTS) is 1. The number of piperidine rings is 1. The molecule has 6 nitrogen and oxygen atoms in total. The molecule has 2 amide bonds. The monoisotopic (exact) mass is 283 g/mol. The third kappa shape index (κ3) is 3.62. The minimum atomic E-state index is -0.803. The summed E-state index contributed by atoms with van der Waals surface area (Å²) in [5.74, 6) is -0.653. The topological polar surface area (TPSA) is 72.9 Å². The van der Waals surface area contributed by atoms with Crippen molar-refractivity contribution in [1.82, 2.24) is 15.1 Å². The van der Waals surface area contributed by atoms with Gasteiger partial charge in [-0.2, -0.15) is 0 Å². The maximum atomic E-state index is 12.1. The van der Waals surface area contributed by atoms with Gasteiger partial charge >= 0.3 is 12.0 Å². The molecule has 2 N–H and O–H groups in total. The van der Waals surface area contributed by atoms with Crippen LogP contribution in [0.15, 0.2) is 0 Å². The molecular weight excluding hydrogens is 258 g/mol. The van der Waals surface area contributed by atoms with Crippen LogP contribution in [0.5, 0.6) is 0 Å². The van der Waals surface area contributed by atoms with Crippen LogP contribution < -0.4 is 5.32 Å². The Morgan fingerprint density at radius 1 is 1.25 bits per heavy atom. The number of urea groups is 1. The van der Waals surface area contributed by atoms with E-state index in [1.807, 2.05) is 6.92 Å². The molecule has 2 fully saturated rings. The second-order valence-electron chi connectivity index (χ2n) is 6.26. The van der Waals surface area contributed by atoms with Crippen molar-refractivity contribution in [3.63, 3.8) is 0 Å². The van der Waals surface area contributed by atoms with E-state index in [4.69, 9.17) is 5.11 Å². The van der Waals surface area contributed by atoms with Crippen LogP contribution in [0.3, 0.4) is 0 Å². The normalized spacial score (nSPS) is 28.6. The van der Waals surface area contributed by atoms with Gasteiger partial charge < -0.3 is 20.2 Å². The van der Waals surface area contributed by atoms with E-state index in [9.17, 15) is 9.59 Å². The third-order valence-electron chi connectivity index (χ3n) is 4.60. The van der Waals surface area contributed by atoms with Crippen molar-refractivity contribution in [2.75, 3.05) is 39.8 Å². The van der Waals surface area contributed by atoms with Crippen LogP contribution in [0.4, 0.5) is 4.79 Å². The predicted octanol–water partition coefficient (Wildman–Crippen LogP) is 0.690. The van der Waals surface area contributed by atoms with Crippen LogP contribution in [-0.4, -0.2) is 66.7 Å². The van der Waals surface area contributed by atoms with E-state index < -0.39 is 11.9 Å². The van der Waals surface area contributed by atoms with Crippen molar-refractivity contribution in [3.8, 4) is 0 Å². The molecule has 0 radical (unpaired) electrons. The zero-order chi connectivity index (χ0) is 14.7. The lowest BCUT2D eigenvalue weighted by molar-refractivity contribution is -0.142. The molecular formula is C14H25N3O3.